The molecule has 2 heterocycles. The first-order chi connectivity index (χ1) is 13.6. The van der Waals surface area contributed by atoms with Crippen molar-refractivity contribution in [3.63, 3.8) is 0 Å². The molecule has 2 aromatic heterocycles. The molecular formula is C20H26N4O4S. The second-order valence-corrected chi connectivity index (χ2v) is 8.90. The van der Waals surface area contributed by atoms with Crippen molar-refractivity contribution in [2.45, 2.75) is 52.2 Å². The van der Waals surface area contributed by atoms with Crippen LogP contribution in [0.3, 0.4) is 0 Å². The van der Waals surface area contributed by atoms with Gasteiger partial charge in [-0.15, -0.1) is 10.2 Å². The van der Waals surface area contributed by atoms with Crippen molar-refractivity contribution in [3.8, 4) is 17.2 Å². The van der Waals surface area contributed by atoms with Crippen LogP contribution in [0.5, 0.6) is 5.75 Å². The standard InChI is InChI=1S/C20H26N4O4S/c1-12(2)27-17-9-7-16(8-10-17)11-21-29(25,26)19-14(4)24(6)13(3)18(19)20-23-22-15(5)28-20/h7-10,12,21H,11H2,1-6H3. The third-order valence-corrected chi connectivity index (χ3v) is 6.26. The number of hydrogen-bond donors (Lipinski definition) is 1. The number of nitrogens with one attached hydrogen (secondary N) is 1. The molecule has 3 aromatic rings. The van der Waals surface area contributed by atoms with Crippen molar-refractivity contribution < 1.29 is 17.6 Å². The zero-order valence-corrected chi connectivity index (χ0v) is 18.3. The van der Waals surface area contributed by atoms with E-state index in [9.17, 15) is 8.42 Å². The fourth-order valence-corrected chi connectivity index (χ4v) is 4.63. The molecule has 156 valence electrons. The number of rotatable bonds is 7. The van der Waals surface area contributed by atoms with E-state index in [0.717, 1.165) is 17.0 Å². The highest BCUT2D eigenvalue weighted by molar-refractivity contribution is 7.89. The number of benzene rings is 1. The highest BCUT2D eigenvalue weighted by atomic mass is 32.2. The van der Waals surface area contributed by atoms with Gasteiger partial charge in [0, 0.05) is 31.9 Å². The van der Waals surface area contributed by atoms with E-state index in [2.05, 4.69) is 14.9 Å². The van der Waals surface area contributed by atoms with Gasteiger partial charge in [0.15, 0.2) is 0 Å². The molecular weight excluding hydrogens is 392 g/mol. The topological polar surface area (TPSA) is 99.3 Å². The summed E-state index contributed by atoms with van der Waals surface area (Å²) in [6, 6.07) is 7.33. The van der Waals surface area contributed by atoms with Crippen molar-refractivity contribution in [2.24, 2.45) is 7.05 Å². The van der Waals surface area contributed by atoms with Gasteiger partial charge in [0.2, 0.25) is 15.9 Å². The van der Waals surface area contributed by atoms with Crippen LogP contribution in [0.15, 0.2) is 33.6 Å². The number of ether oxygens (including phenoxy) is 1. The van der Waals surface area contributed by atoms with Crippen molar-refractivity contribution >= 4 is 10.0 Å². The molecule has 8 nitrogen and oxygen atoms in total. The summed E-state index contributed by atoms with van der Waals surface area (Å²) >= 11 is 0. The molecule has 0 fully saturated rings. The molecule has 0 unspecified atom stereocenters. The number of hydrogen-bond acceptors (Lipinski definition) is 6. The summed E-state index contributed by atoms with van der Waals surface area (Å²) in [5.41, 5.74) is 2.59. The molecule has 0 saturated heterocycles. The minimum absolute atomic E-state index is 0.0791. The summed E-state index contributed by atoms with van der Waals surface area (Å²) in [4.78, 5) is 0.154. The molecule has 0 aliphatic carbocycles. The van der Waals surface area contributed by atoms with Gasteiger partial charge < -0.3 is 13.7 Å². The van der Waals surface area contributed by atoms with Gasteiger partial charge in [0.1, 0.15) is 10.6 Å². The monoisotopic (exact) mass is 418 g/mol. The lowest BCUT2D eigenvalue weighted by molar-refractivity contribution is 0.242. The van der Waals surface area contributed by atoms with E-state index in [1.165, 1.54) is 0 Å². The minimum Gasteiger partial charge on any atom is -0.491 e. The summed E-state index contributed by atoms with van der Waals surface area (Å²) in [5.74, 6) is 1.32. The van der Waals surface area contributed by atoms with Crippen molar-refractivity contribution in [2.75, 3.05) is 0 Å². The average Bonchev–Trinajstić information content (AvgIpc) is 3.17. The highest BCUT2D eigenvalue weighted by Crippen LogP contribution is 2.34. The van der Waals surface area contributed by atoms with E-state index in [0.29, 0.717) is 17.1 Å². The van der Waals surface area contributed by atoms with Gasteiger partial charge in [0.25, 0.3) is 5.89 Å². The lowest BCUT2D eigenvalue weighted by Crippen LogP contribution is -2.24. The van der Waals surface area contributed by atoms with Crippen LogP contribution in [0.1, 0.15) is 36.7 Å². The zero-order valence-electron chi connectivity index (χ0n) is 17.5. The molecule has 29 heavy (non-hydrogen) atoms. The van der Waals surface area contributed by atoms with E-state index >= 15 is 0 Å². The summed E-state index contributed by atoms with van der Waals surface area (Å²) in [5, 5.41) is 7.86. The predicted octanol–water partition coefficient (Wildman–Crippen LogP) is 3.27. The average molecular weight is 419 g/mol. The van der Waals surface area contributed by atoms with Crippen molar-refractivity contribution in [1.82, 2.24) is 19.5 Å². The second-order valence-electron chi connectivity index (χ2n) is 7.20. The largest absolute Gasteiger partial charge is 0.491 e. The number of sulfonamides is 1. The van der Waals surface area contributed by atoms with Gasteiger partial charge in [0.05, 0.1) is 11.7 Å². The van der Waals surface area contributed by atoms with Crippen LogP contribution in [0, 0.1) is 20.8 Å². The summed E-state index contributed by atoms with van der Waals surface area (Å²) in [6.07, 6.45) is 0.0791. The Morgan fingerprint density at radius 1 is 1.10 bits per heavy atom. The van der Waals surface area contributed by atoms with Gasteiger partial charge in [-0.2, -0.15) is 0 Å². The smallest absolute Gasteiger partial charge is 0.250 e. The number of nitrogens with zero attached hydrogens (tertiary/aromatic N) is 3. The maximum Gasteiger partial charge on any atom is 0.250 e. The number of aromatic nitrogens is 3. The molecule has 0 aliphatic rings. The van der Waals surface area contributed by atoms with Gasteiger partial charge in [-0.1, -0.05) is 12.1 Å². The molecule has 3 rings (SSSR count). The van der Waals surface area contributed by atoms with Crippen molar-refractivity contribution in [1.29, 1.82) is 0 Å². The number of aryl methyl sites for hydroxylation is 1. The summed E-state index contributed by atoms with van der Waals surface area (Å²) in [7, 11) is -2.01. The normalized spacial score (nSPS) is 12.0. The van der Waals surface area contributed by atoms with Gasteiger partial charge in [-0.3, -0.25) is 0 Å². The molecule has 9 heteroatoms. The van der Waals surface area contributed by atoms with E-state index in [4.69, 9.17) is 9.15 Å². The first-order valence-corrected chi connectivity index (χ1v) is 10.8. The molecule has 1 aromatic carbocycles. The SMILES string of the molecule is Cc1nnc(-c2c(S(=O)(=O)NCc3ccc(OC(C)C)cc3)c(C)n(C)c2C)o1. The van der Waals surface area contributed by atoms with Crippen LogP contribution in [0.25, 0.3) is 11.5 Å². The third kappa shape index (κ3) is 4.35. The van der Waals surface area contributed by atoms with Gasteiger partial charge in [-0.05, 0) is 45.4 Å². The molecule has 0 radical (unpaired) electrons. The minimum atomic E-state index is -3.82. The molecule has 0 aliphatic heterocycles. The summed E-state index contributed by atoms with van der Waals surface area (Å²) in [6.45, 7) is 9.31. The Morgan fingerprint density at radius 3 is 2.31 bits per heavy atom. The predicted molar refractivity (Wildman–Crippen MR) is 109 cm³/mol. The Labute approximate surface area is 171 Å². The van der Waals surface area contributed by atoms with Crippen LogP contribution in [-0.4, -0.2) is 29.3 Å². The van der Waals surface area contributed by atoms with Crippen LogP contribution >= 0.6 is 0 Å². The third-order valence-electron chi connectivity index (χ3n) is 4.69. The first kappa shape index (κ1) is 21.1. The molecule has 0 atom stereocenters. The lowest BCUT2D eigenvalue weighted by atomic mass is 10.2. The van der Waals surface area contributed by atoms with Crippen LogP contribution in [0.4, 0.5) is 0 Å². The molecule has 0 saturated carbocycles. The van der Waals surface area contributed by atoms with E-state index in [-0.39, 0.29) is 23.4 Å². The second kappa shape index (κ2) is 8.00. The maximum absolute atomic E-state index is 13.2. The molecule has 0 bridgehead atoms. The molecule has 0 amide bonds. The van der Waals surface area contributed by atoms with Crippen LogP contribution < -0.4 is 9.46 Å². The Bertz CT molecular complexity index is 1110. The van der Waals surface area contributed by atoms with Crippen LogP contribution in [0.2, 0.25) is 0 Å². The lowest BCUT2D eigenvalue weighted by Gasteiger charge is -2.11. The zero-order chi connectivity index (χ0) is 21.3. The fourth-order valence-electron chi connectivity index (χ4n) is 3.10. The summed E-state index contributed by atoms with van der Waals surface area (Å²) < 4.78 is 42.0. The van der Waals surface area contributed by atoms with E-state index in [1.807, 2.05) is 56.7 Å². The first-order valence-electron chi connectivity index (χ1n) is 9.31. The maximum atomic E-state index is 13.2. The highest BCUT2D eigenvalue weighted by Gasteiger charge is 2.30. The van der Waals surface area contributed by atoms with E-state index < -0.39 is 10.0 Å². The van der Waals surface area contributed by atoms with Crippen molar-refractivity contribution in [3.05, 3.63) is 47.1 Å². The fraction of sp³-hybridized carbons (Fsp3) is 0.400. The Balaban J connectivity index is 1.89. The molecule has 1 N–H and O–H groups in total. The van der Waals surface area contributed by atoms with E-state index in [1.54, 1.807) is 13.8 Å². The Kier molecular flexibility index (Phi) is 5.81. The van der Waals surface area contributed by atoms with Crippen LogP contribution in [-0.2, 0) is 23.6 Å². The Hall–Kier alpha value is -2.65. The quantitative estimate of drug-likeness (QED) is 0.632. The Morgan fingerprint density at radius 2 is 1.76 bits per heavy atom. The molecule has 0 spiro atoms. The van der Waals surface area contributed by atoms with Gasteiger partial charge in [-0.25, -0.2) is 13.1 Å². The van der Waals surface area contributed by atoms with Gasteiger partial charge >= 0.3 is 0 Å².